The second-order valence-electron chi connectivity index (χ2n) is 11.8. The van der Waals surface area contributed by atoms with Crippen molar-refractivity contribution in [2.75, 3.05) is 19.8 Å². The first-order chi connectivity index (χ1) is 22.0. The van der Waals surface area contributed by atoms with Gasteiger partial charge in [0.1, 0.15) is 17.2 Å². The van der Waals surface area contributed by atoms with Crippen LogP contribution in [0.5, 0.6) is 5.75 Å². The van der Waals surface area contributed by atoms with Crippen molar-refractivity contribution >= 4 is 23.5 Å². The number of hydrogen-bond acceptors (Lipinski definition) is 8. The molecule has 0 saturated carbocycles. The number of azide groups is 1. The zero-order chi connectivity index (χ0) is 33.2. The van der Waals surface area contributed by atoms with E-state index in [0.717, 1.165) is 0 Å². The van der Waals surface area contributed by atoms with Gasteiger partial charge < -0.3 is 24.6 Å². The maximum Gasteiger partial charge on any atom is 0.306 e. The summed E-state index contributed by atoms with van der Waals surface area (Å²) in [4.78, 5) is 35.0. The molecule has 2 atom stereocenters. The summed E-state index contributed by atoms with van der Waals surface area (Å²) in [6.45, 7) is 5.78. The average Bonchev–Trinajstić information content (AvgIpc) is 3.41. The molecule has 1 aliphatic rings. The Morgan fingerprint density at radius 1 is 1.13 bits per heavy atom. The second kappa shape index (κ2) is 15.4. The highest BCUT2D eigenvalue weighted by Crippen LogP contribution is 2.46. The summed E-state index contributed by atoms with van der Waals surface area (Å²) in [5, 5.41) is 15.8. The van der Waals surface area contributed by atoms with Crippen LogP contribution in [0.15, 0.2) is 82.9 Å². The van der Waals surface area contributed by atoms with Gasteiger partial charge in [0.25, 0.3) is 5.91 Å². The third kappa shape index (κ3) is 8.83. The Morgan fingerprint density at radius 2 is 1.89 bits per heavy atom. The number of amides is 1. The van der Waals surface area contributed by atoms with E-state index in [2.05, 4.69) is 15.3 Å². The number of aliphatic hydroxyl groups is 1. The molecule has 46 heavy (non-hydrogen) atoms. The maximum absolute atomic E-state index is 14.3. The van der Waals surface area contributed by atoms with E-state index in [0.29, 0.717) is 41.9 Å². The first-order valence-corrected chi connectivity index (χ1v) is 15.0. The van der Waals surface area contributed by atoms with Crippen molar-refractivity contribution in [3.05, 3.63) is 106 Å². The molecule has 1 aliphatic heterocycles. The molecule has 0 unspecified atom stereocenters. The van der Waals surface area contributed by atoms with Crippen LogP contribution in [-0.4, -0.2) is 53.8 Å². The standard InChI is InChI=1S/C34H38FN5O6/c1-33(2,3)46-29(42)16-18-34(32(43)37-19-17-23-8-6-9-25(35)22-23)30(27-10-4-5-11-28(27)39-40-36)45-31(38-34)24-12-14-26(15-13-24)44-21-7-20-41/h4-6,8-15,22,30,41H,7,16-21H2,1-3H3,(H,37,43)/t30-,34-/m1/s1. The van der Waals surface area contributed by atoms with Crippen LogP contribution in [0.3, 0.4) is 0 Å². The summed E-state index contributed by atoms with van der Waals surface area (Å²) in [6.07, 6.45) is -0.498. The first-order valence-electron chi connectivity index (χ1n) is 15.0. The maximum atomic E-state index is 14.3. The molecular formula is C34H38FN5O6. The molecule has 3 aromatic rings. The molecule has 3 aromatic carbocycles. The summed E-state index contributed by atoms with van der Waals surface area (Å²) in [6, 6.07) is 19.7. The van der Waals surface area contributed by atoms with Gasteiger partial charge in [0.2, 0.25) is 5.90 Å². The van der Waals surface area contributed by atoms with Crippen molar-refractivity contribution in [2.24, 2.45) is 10.1 Å². The van der Waals surface area contributed by atoms with Gasteiger partial charge in [0, 0.05) is 47.7 Å². The minimum atomic E-state index is -1.68. The van der Waals surface area contributed by atoms with Crippen LogP contribution in [0.1, 0.15) is 62.8 Å². The number of aliphatic imine (C=N–C) groups is 1. The Kier molecular flexibility index (Phi) is 11.3. The van der Waals surface area contributed by atoms with E-state index < -0.39 is 29.1 Å². The van der Waals surface area contributed by atoms with Gasteiger partial charge in [0.15, 0.2) is 11.6 Å². The van der Waals surface area contributed by atoms with E-state index in [1.807, 2.05) is 0 Å². The van der Waals surface area contributed by atoms with Crippen LogP contribution in [0.2, 0.25) is 0 Å². The zero-order valence-electron chi connectivity index (χ0n) is 26.1. The van der Waals surface area contributed by atoms with E-state index in [4.69, 9.17) is 24.3 Å². The molecule has 1 amide bonds. The predicted octanol–water partition coefficient (Wildman–Crippen LogP) is 6.27. The number of halogens is 1. The molecule has 0 bridgehead atoms. The van der Waals surface area contributed by atoms with Crippen LogP contribution in [-0.2, 0) is 25.5 Å². The highest BCUT2D eigenvalue weighted by Gasteiger charge is 2.53. The van der Waals surface area contributed by atoms with Gasteiger partial charge >= 0.3 is 5.97 Å². The van der Waals surface area contributed by atoms with Crippen LogP contribution < -0.4 is 10.1 Å². The number of carbonyl (C=O) groups excluding carboxylic acids is 2. The van der Waals surface area contributed by atoms with Crippen LogP contribution in [0.4, 0.5) is 10.1 Å². The lowest BCUT2D eigenvalue weighted by Crippen LogP contribution is -2.49. The molecule has 0 aliphatic carbocycles. The quantitative estimate of drug-likeness (QED) is 0.0703. The third-order valence-electron chi connectivity index (χ3n) is 7.12. The van der Waals surface area contributed by atoms with E-state index in [-0.39, 0.29) is 43.4 Å². The van der Waals surface area contributed by atoms with Gasteiger partial charge in [-0.25, -0.2) is 9.38 Å². The van der Waals surface area contributed by atoms with Crippen molar-refractivity contribution in [3.63, 3.8) is 0 Å². The van der Waals surface area contributed by atoms with Gasteiger partial charge in [0.05, 0.1) is 6.61 Å². The third-order valence-corrected chi connectivity index (χ3v) is 7.12. The lowest BCUT2D eigenvalue weighted by atomic mass is 9.82. The number of ether oxygens (including phenoxy) is 3. The summed E-state index contributed by atoms with van der Waals surface area (Å²) >= 11 is 0. The summed E-state index contributed by atoms with van der Waals surface area (Å²) in [5.74, 6) is -0.697. The fourth-order valence-electron chi connectivity index (χ4n) is 5.05. The number of hydrogen-bond donors (Lipinski definition) is 2. The van der Waals surface area contributed by atoms with Crippen LogP contribution in [0.25, 0.3) is 10.4 Å². The number of aliphatic hydroxyl groups excluding tert-OH is 1. The molecule has 0 spiro atoms. The molecule has 0 fully saturated rings. The first kappa shape index (κ1) is 34.0. The van der Waals surface area contributed by atoms with Crippen LogP contribution >= 0.6 is 0 Å². The summed E-state index contributed by atoms with van der Waals surface area (Å²) in [7, 11) is 0. The molecule has 11 nitrogen and oxygen atoms in total. The normalized spacial score (nSPS) is 17.3. The molecule has 0 aromatic heterocycles. The van der Waals surface area contributed by atoms with Crippen molar-refractivity contribution in [1.29, 1.82) is 0 Å². The Bertz CT molecular complexity index is 1600. The molecule has 0 radical (unpaired) electrons. The zero-order valence-corrected chi connectivity index (χ0v) is 26.1. The van der Waals surface area contributed by atoms with E-state index in [1.54, 1.807) is 81.4 Å². The SMILES string of the molecule is CC(C)(C)OC(=O)CC[C@@]1(C(=O)NCCc2cccc(F)c2)N=C(c2ccc(OCCCO)cc2)O[C@@H]1c1ccccc1N=[N+]=[N-]. The van der Waals surface area contributed by atoms with Crippen LogP contribution in [0, 0.1) is 5.82 Å². The highest BCUT2D eigenvalue weighted by atomic mass is 19.1. The Morgan fingerprint density at radius 3 is 2.59 bits per heavy atom. The van der Waals surface area contributed by atoms with Crippen molar-refractivity contribution < 1.29 is 33.3 Å². The van der Waals surface area contributed by atoms with Gasteiger partial charge in [-0.1, -0.05) is 41.5 Å². The molecule has 242 valence electrons. The number of esters is 1. The number of nitrogens with zero attached hydrogens (tertiary/aromatic N) is 4. The number of nitrogens with one attached hydrogen (secondary N) is 1. The van der Waals surface area contributed by atoms with Gasteiger partial charge in [-0.15, -0.1) is 0 Å². The van der Waals surface area contributed by atoms with E-state index >= 15 is 0 Å². The minimum absolute atomic E-state index is 0.0110. The van der Waals surface area contributed by atoms with Gasteiger partial charge in [-0.2, -0.15) is 0 Å². The molecular weight excluding hydrogens is 593 g/mol. The largest absolute Gasteiger partial charge is 0.494 e. The Labute approximate surface area is 267 Å². The minimum Gasteiger partial charge on any atom is -0.494 e. The monoisotopic (exact) mass is 631 g/mol. The van der Waals surface area contributed by atoms with Gasteiger partial charge in [-0.05, 0) is 81.1 Å². The molecule has 1 heterocycles. The highest BCUT2D eigenvalue weighted by molar-refractivity contribution is 6.01. The summed E-state index contributed by atoms with van der Waals surface area (Å²) in [5.41, 5.74) is 8.76. The molecule has 12 heteroatoms. The van der Waals surface area contributed by atoms with E-state index in [1.165, 1.54) is 12.1 Å². The molecule has 0 saturated heterocycles. The number of benzene rings is 3. The predicted molar refractivity (Wildman–Crippen MR) is 170 cm³/mol. The van der Waals surface area contributed by atoms with E-state index in [9.17, 15) is 19.5 Å². The molecule has 4 rings (SSSR count). The van der Waals surface area contributed by atoms with Crippen molar-refractivity contribution in [2.45, 2.75) is 63.7 Å². The number of carbonyl (C=O) groups is 2. The molecule has 2 N–H and O–H groups in total. The number of rotatable bonds is 14. The van der Waals surface area contributed by atoms with Gasteiger partial charge in [-0.3, -0.25) is 9.59 Å². The Balaban J connectivity index is 1.74. The fourth-order valence-corrected chi connectivity index (χ4v) is 5.05. The van der Waals surface area contributed by atoms with Crippen molar-refractivity contribution in [1.82, 2.24) is 5.32 Å². The Hall–Kier alpha value is -4.93. The summed E-state index contributed by atoms with van der Waals surface area (Å²) < 4.78 is 31.4. The average molecular weight is 632 g/mol. The fraction of sp³-hybridized carbons (Fsp3) is 0.382. The second-order valence-corrected chi connectivity index (χ2v) is 11.8. The lowest BCUT2D eigenvalue weighted by Gasteiger charge is -2.31. The lowest BCUT2D eigenvalue weighted by molar-refractivity contribution is -0.155. The van der Waals surface area contributed by atoms with Crippen molar-refractivity contribution in [3.8, 4) is 5.75 Å². The smallest absolute Gasteiger partial charge is 0.306 e. The topological polar surface area (TPSA) is 155 Å².